The van der Waals surface area contributed by atoms with Gasteiger partial charge in [0, 0.05) is 12.5 Å². The Morgan fingerprint density at radius 3 is 2.56 bits per heavy atom. The van der Waals surface area contributed by atoms with Crippen LogP contribution in [0.15, 0.2) is 18.2 Å². The average molecular weight is 284 g/mol. The van der Waals surface area contributed by atoms with E-state index >= 15 is 0 Å². The van der Waals surface area contributed by atoms with Gasteiger partial charge in [-0.2, -0.15) is 13.2 Å². The van der Waals surface area contributed by atoms with Crippen LogP contribution in [0.1, 0.15) is 26.2 Å². The molecule has 0 spiro atoms. The molecule has 0 aromatic heterocycles. The lowest BCUT2D eigenvalue weighted by molar-refractivity contribution is -0.135. The molecule has 1 aromatic rings. The standard InChI is InChI=1S/C12H14ClF4N/c1-8(3-2-6-12(15,16)17)18-11-5-4-9(14)7-10(11)13/h4-5,7-8,18H,2-3,6H2,1H3. The van der Waals surface area contributed by atoms with Gasteiger partial charge >= 0.3 is 6.18 Å². The molecule has 0 aliphatic carbocycles. The zero-order valence-corrected chi connectivity index (χ0v) is 10.6. The van der Waals surface area contributed by atoms with E-state index in [2.05, 4.69) is 5.32 Å². The van der Waals surface area contributed by atoms with Gasteiger partial charge in [0.05, 0.1) is 10.7 Å². The molecule has 0 bridgehead atoms. The summed E-state index contributed by atoms with van der Waals surface area (Å²) < 4.78 is 48.7. The molecule has 0 aliphatic rings. The topological polar surface area (TPSA) is 12.0 Å². The molecule has 0 amide bonds. The Balaban J connectivity index is 2.42. The van der Waals surface area contributed by atoms with Gasteiger partial charge in [-0.1, -0.05) is 11.6 Å². The molecule has 6 heteroatoms. The molecule has 0 heterocycles. The summed E-state index contributed by atoms with van der Waals surface area (Å²) in [6, 6.07) is 3.72. The third-order valence-corrected chi connectivity index (χ3v) is 2.74. The molecular weight excluding hydrogens is 270 g/mol. The predicted octanol–water partition coefficient (Wildman–Crippen LogP) is 5.01. The number of nitrogens with one attached hydrogen (secondary N) is 1. The lowest BCUT2D eigenvalue weighted by Gasteiger charge is -2.16. The summed E-state index contributed by atoms with van der Waals surface area (Å²) in [5, 5.41) is 3.18. The van der Waals surface area contributed by atoms with Crippen molar-refractivity contribution in [2.24, 2.45) is 0 Å². The van der Waals surface area contributed by atoms with Crippen molar-refractivity contribution in [2.75, 3.05) is 5.32 Å². The van der Waals surface area contributed by atoms with Crippen molar-refractivity contribution in [2.45, 2.75) is 38.4 Å². The zero-order valence-electron chi connectivity index (χ0n) is 9.82. The summed E-state index contributed by atoms with van der Waals surface area (Å²) in [5.74, 6) is -0.449. The second kappa shape index (κ2) is 6.27. The molecule has 1 unspecified atom stereocenters. The van der Waals surface area contributed by atoms with Gasteiger partial charge in [0.2, 0.25) is 0 Å². The molecule has 1 rings (SSSR count). The predicted molar refractivity (Wildman–Crippen MR) is 64.4 cm³/mol. The summed E-state index contributed by atoms with van der Waals surface area (Å²) in [7, 11) is 0. The lowest BCUT2D eigenvalue weighted by atomic mass is 10.1. The van der Waals surface area contributed by atoms with Crippen LogP contribution in [0.25, 0.3) is 0 Å². The number of rotatable bonds is 5. The van der Waals surface area contributed by atoms with Crippen LogP contribution >= 0.6 is 11.6 Å². The van der Waals surface area contributed by atoms with E-state index in [0.717, 1.165) is 6.07 Å². The molecule has 0 radical (unpaired) electrons. The highest BCUT2D eigenvalue weighted by Gasteiger charge is 2.26. The number of benzene rings is 1. The van der Waals surface area contributed by atoms with Crippen molar-refractivity contribution in [1.29, 1.82) is 0 Å². The van der Waals surface area contributed by atoms with Crippen LogP contribution < -0.4 is 5.32 Å². The van der Waals surface area contributed by atoms with Gasteiger partial charge in [0.15, 0.2) is 0 Å². The third-order valence-electron chi connectivity index (χ3n) is 2.43. The Morgan fingerprint density at radius 2 is 2.00 bits per heavy atom. The summed E-state index contributed by atoms with van der Waals surface area (Å²) >= 11 is 5.80. The fraction of sp³-hybridized carbons (Fsp3) is 0.500. The maximum Gasteiger partial charge on any atom is 0.389 e. The lowest BCUT2D eigenvalue weighted by Crippen LogP contribution is -2.17. The summed E-state index contributed by atoms with van der Waals surface area (Å²) in [5.41, 5.74) is 0.526. The first-order valence-corrected chi connectivity index (χ1v) is 5.94. The number of hydrogen-bond donors (Lipinski definition) is 1. The van der Waals surface area contributed by atoms with Crippen molar-refractivity contribution in [1.82, 2.24) is 0 Å². The summed E-state index contributed by atoms with van der Waals surface area (Å²) in [6.07, 6.45) is -4.49. The largest absolute Gasteiger partial charge is 0.389 e. The van der Waals surface area contributed by atoms with Crippen LogP contribution in [0.3, 0.4) is 0 Å². The van der Waals surface area contributed by atoms with E-state index in [0.29, 0.717) is 12.1 Å². The molecule has 102 valence electrons. The highest BCUT2D eigenvalue weighted by molar-refractivity contribution is 6.33. The van der Waals surface area contributed by atoms with E-state index in [4.69, 9.17) is 11.6 Å². The molecule has 1 N–H and O–H groups in total. The first-order valence-electron chi connectivity index (χ1n) is 5.56. The first kappa shape index (κ1) is 15.1. The minimum atomic E-state index is -4.12. The minimum absolute atomic E-state index is 0.0521. The normalized spacial score (nSPS) is 13.4. The fourth-order valence-electron chi connectivity index (χ4n) is 1.55. The second-order valence-electron chi connectivity index (χ2n) is 4.18. The molecule has 1 nitrogen and oxygen atoms in total. The Bertz CT molecular complexity index is 392. The maximum absolute atomic E-state index is 12.8. The van der Waals surface area contributed by atoms with E-state index in [1.54, 1.807) is 6.92 Å². The monoisotopic (exact) mass is 283 g/mol. The zero-order chi connectivity index (χ0) is 13.8. The van der Waals surface area contributed by atoms with Gasteiger partial charge in [-0.05, 0) is 38.0 Å². The van der Waals surface area contributed by atoms with Gasteiger partial charge in [-0.25, -0.2) is 4.39 Å². The Labute approximate surface area is 108 Å². The van der Waals surface area contributed by atoms with Crippen LogP contribution in [-0.2, 0) is 0 Å². The summed E-state index contributed by atoms with van der Waals surface area (Å²) in [6.45, 7) is 1.76. The van der Waals surface area contributed by atoms with Crippen molar-refractivity contribution < 1.29 is 17.6 Å². The van der Waals surface area contributed by atoms with Crippen molar-refractivity contribution in [3.63, 3.8) is 0 Å². The summed E-state index contributed by atoms with van der Waals surface area (Å²) in [4.78, 5) is 0. The average Bonchev–Trinajstić information content (AvgIpc) is 2.20. The molecule has 0 fully saturated rings. The molecule has 0 saturated carbocycles. The van der Waals surface area contributed by atoms with Crippen molar-refractivity contribution in [3.05, 3.63) is 29.0 Å². The van der Waals surface area contributed by atoms with E-state index in [1.807, 2.05) is 0 Å². The van der Waals surface area contributed by atoms with Gasteiger partial charge in [-0.3, -0.25) is 0 Å². The molecule has 18 heavy (non-hydrogen) atoms. The molecule has 0 aliphatic heterocycles. The minimum Gasteiger partial charge on any atom is -0.381 e. The number of anilines is 1. The van der Waals surface area contributed by atoms with Gasteiger partial charge in [0.1, 0.15) is 5.82 Å². The van der Waals surface area contributed by atoms with Gasteiger partial charge < -0.3 is 5.32 Å². The van der Waals surface area contributed by atoms with Crippen LogP contribution in [0.2, 0.25) is 5.02 Å². The number of alkyl halides is 3. The highest BCUT2D eigenvalue weighted by atomic mass is 35.5. The molecule has 1 atom stereocenters. The highest BCUT2D eigenvalue weighted by Crippen LogP contribution is 2.25. The van der Waals surface area contributed by atoms with Crippen molar-refractivity contribution in [3.8, 4) is 0 Å². The number of halogens is 5. The smallest absolute Gasteiger partial charge is 0.381 e. The van der Waals surface area contributed by atoms with E-state index < -0.39 is 18.4 Å². The molecule has 1 aromatic carbocycles. The van der Waals surface area contributed by atoms with Crippen LogP contribution in [0.5, 0.6) is 0 Å². The molecular formula is C12H14ClF4N. The van der Waals surface area contributed by atoms with Crippen LogP contribution in [-0.4, -0.2) is 12.2 Å². The van der Waals surface area contributed by atoms with Crippen molar-refractivity contribution >= 4 is 17.3 Å². The maximum atomic E-state index is 12.8. The third kappa shape index (κ3) is 5.58. The Morgan fingerprint density at radius 1 is 1.33 bits per heavy atom. The van der Waals surface area contributed by atoms with E-state index in [-0.39, 0.29) is 17.5 Å². The Kier molecular flexibility index (Phi) is 5.26. The van der Waals surface area contributed by atoms with Gasteiger partial charge in [-0.15, -0.1) is 0 Å². The fourth-order valence-corrected chi connectivity index (χ4v) is 1.77. The van der Waals surface area contributed by atoms with Crippen LogP contribution in [0.4, 0.5) is 23.2 Å². The number of hydrogen-bond acceptors (Lipinski definition) is 1. The second-order valence-corrected chi connectivity index (χ2v) is 4.58. The van der Waals surface area contributed by atoms with Gasteiger partial charge in [0.25, 0.3) is 0 Å². The first-order chi connectivity index (χ1) is 8.28. The Hall–Kier alpha value is -0.970. The van der Waals surface area contributed by atoms with Crippen LogP contribution in [0, 0.1) is 5.82 Å². The van der Waals surface area contributed by atoms with E-state index in [1.165, 1.54) is 12.1 Å². The quantitative estimate of drug-likeness (QED) is 0.749. The SMILES string of the molecule is CC(CCCC(F)(F)F)Nc1ccc(F)cc1Cl. The molecule has 0 saturated heterocycles. The van der Waals surface area contributed by atoms with E-state index in [9.17, 15) is 17.6 Å².